The Morgan fingerprint density at radius 1 is 0.768 bits per heavy atom. The van der Waals surface area contributed by atoms with Crippen LogP contribution in [-0.4, -0.2) is 128 Å². The maximum Gasteiger partial charge on any atom is 0.433 e. The minimum Gasteiger partial charge on any atom is -0.481 e. The highest BCUT2D eigenvalue weighted by molar-refractivity contribution is 6.02. The predicted octanol–water partition coefficient (Wildman–Crippen LogP) is 0.849. The fourth-order valence-corrected chi connectivity index (χ4v) is 5.49. The molecule has 1 aliphatic heterocycles. The van der Waals surface area contributed by atoms with Crippen LogP contribution in [0.5, 0.6) is 0 Å². The van der Waals surface area contributed by atoms with Gasteiger partial charge in [0.2, 0.25) is 11.8 Å². The number of epoxide rings is 1. The van der Waals surface area contributed by atoms with Crippen LogP contribution in [0.15, 0.2) is 60.7 Å². The summed E-state index contributed by atoms with van der Waals surface area (Å²) in [5.74, 6) is -6.74. The zero-order valence-electron chi connectivity index (χ0n) is 31.6. The molecule has 56 heavy (non-hydrogen) atoms. The van der Waals surface area contributed by atoms with E-state index in [9.17, 15) is 53.7 Å². The molecule has 1 aliphatic rings. The number of alkyl carbamates (subject to hydrolysis) is 1. The number of imide groups is 1. The molecule has 1 saturated heterocycles. The van der Waals surface area contributed by atoms with Crippen LogP contribution in [0.25, 0.3) is 0 Å². The summed E-state index contributed by atoms with van der Waals surface area (Å²) in [5, 5.41) is 37.1. The van der Waals surface area contributed by atoms with Crippen LogP contribution in [0, 0.1) is 5.92 Å². The van der Waals surface area contributed by atoms with Crippen molar-refractivity contribution < 1.29 is 63.1 Å². The molecule has 0 radical (unpaired) electrons. The van der Waals surface area contributed by atoms with Crippen molar-refractivity contribution in [1.29, 1.82) is 0 Å². The third-order valence-corrected chi connectivity index (χ3v) is 8.48. The number of rotatable bonds is 18. The number of nitrogens with zero attached hydrogens (tertiary/aromatic N) is 3. The number of amides is 7. The fraction of sp³-hybridized carbons (Fsp3) is 0.459. The molecule has 2 aromatic rings. The van der Waals surface area contributed by atoms with Crippen molar-refractivity contribution in [2.75, 3.05) is 14.1 Å². The van der Waals surface area contributed by atoms with Crippen molar-refractivity contribution in [3.8, 4) is 0 Å². The van der Waals surface area contributed by atoms with Gasteiger partial charge in [0.05, 0.1) is 6.10 Å². The highest BCUT2D eigenvalue weighted by Gasteiger charge is 2.55. The summed E-state index contributed by atoms with van der Waals surface area (Å²) in [6, 6.07) is 12.8. The van der Waals surface area contributed by atoms with E-state index in [1.807, 2.05) is 0 Å². The number of benzene rings is 2. The number of hydrazine groups is 1. The molecule has 0 bridgehead atoms. The molecule has 6 atom stereocenters. The van der Waals surface area contributed by atoms with Gasteiger partial charge in [-0.15, -0.1) is 5.01 Å². The summed E-state index contributed by atoms with van der Waals surface area (Å²) in [7, 11) is 2.34. The first-order valence-corrected chi connectivity index (χ1v) is 17.7. The monoisotopic (exact) mass is 784 g/mol. The Labute approximate surface area is 322 Å². The molecule has 0 spiro atoms. The molecular formula is C37H48N6O13. The average molecular weight is 785 g/mol. The van der Waals surface area contributed by atoms with Gasteiger partial charge in [-0.2, -0.15) is 0 Å². The number of aliphatic carboxylic acids is 1. The van der Waals surface area contributed by atoms with Gasteiger partial charge in [0, 0.05) is 27.1 Å². The average Bonchev–Trinajstić information content (AvgIpc) is 3.95. The first-order chi connectivity index (χ1) is 26.4. The lowest BCUT2D eigenvalue weighted by Crippen LogP contribution is -2.62. The van der Waals surface area contributed by atoms with Crippen molar-refractivity contribution in [2.45, 2.75) is 89.6 Å². The van der Waals surface area contributed by atoms with E-state index in [4.69, 9.17) is 9.47 Å². The lowest BCUT2D eigenvalue weighted by Gasteiger charge is -2.32. The third-order valence-electron chi connectivity index (χ3n) is 8.48. The number of carboxylic acids is 1. The van der Waals surface area contributed by atoms with Crippen LogP contribution in [0.4, 0.5) is 9.59 Å². The molecule has 19 nitrogen and oxygen atoms in total. The second-order valence-electron chi connectivity index (χ2n) is 13.6. The standard InChI is InChI=1S/C37H48N6O13/c1-21(2)18-26(39-36(52)55-20-24-14-10-7-11-15-24)32(48)38-25(16-17-27(45)46)31(47)40-28(22(3)44)33(49)42(5)43(37(53)54)35(51)30-29(56-30)34(50)41(4)19-23-12-8-6-9-13-23/h6-15,21-22,25-26,28-30,44H,16-20H2,1-5H3,(H,38,48)(H,39,52)(H,40,47)(H,45,46)(H,53,54)/t22-,25+,26+,28+,29+,30+/m1/s1. The molecule has 19 heteroatoms. The molecule has 0 unspecified atom stereocenters. The summed E-state index contributed by atoms with van der Waals surface area (Å²) >= 11 is 0. The molecule has 2 aromatic carbocycles. The Morgan fingerprint density at radius 2 is 1.32 bits per heavy atom. The summed E-state index contributed by atoms with van der Waals surface area (Å²) in [6.07, 6.45) is -8.55. The molecule has 6 N–H and O–H groups in total. The number of hydrogen-bond acceptors (Lipinski definition) is 11. The zero-order chi connectivity index (χ0) is 41.7. The second kappa shape index (κ2) is 20.6. The summed E-state index contributed by atoms with van der Waals surface area (Å²) in [5.41, 5.74) is 1.47. The minimum atomic E-state index is -1.95. The van der Waals surface area contributed by atoms with Gasteiger partial charge >= 0.3 is 18.2 Å². The van der Waals surface area contributed by atoms with Gasteiger partial charge < -0.3 is 45.6 Å². The SMILES string of the molecule is CC(C)C[C@H](NC(=O)OCc1ccccc1)C(=O)N[C@@H](CCC(=O)O)C(=O)N[C@H](C(=O)N(C)N(C(=O)O)C(=O)[C@H]1O[C@@H]1C(=O)N(C)Cc1ccccc1)[C@@H](C)O. The Kier molecular flexibility index (Phi) is 16.3. The number of carbonyl (C=O) groups is 8. The number of likely N-dealkylation sites (N-methyl/N-ethyl adjacent to an activating group) is 2. The molecule has 0 aromatic heterocycles. The first-order valence-electron chi connectivity index (χ1n) is 17.7. The lowest BCUT2D eigenvalue weighted by atomic mass is 10.0. The third kappa shape index (κ3) is 13.0. The summed E-state index contributed by atoms with van der Waals surface area (Å²) in [6.45, 7) is 4.69. The molecule has 0 aliphatic carbocycles. The van der Waals surface area contributed by atoms with E-state index < -0.39 is 97.0 Å². The molecule has 0 saturated carbocycles. The topological polar surface area (TPSA) is 265 Å². The maximum absolute atomic E-state index is 13.6. The Balaban J connectivity index is 1.72. The van der Waals surface area contributed by atoms with Gasteiger partial charge in [0.1, 0.15) is 24.7 Å². The molecule has 3 rings (SSSR count). The van der Waals surface area contributed by atoms with Crippen molar-refractivity contribution in [3.63, 3.8) is 0 Å². The molecule has 1 fully saturated rings. The van der Waals surface area contributed by atoms with Gasteiger partial charge in [-0.1, -0.05) is 74.5 Å². The molecule has 1 heterocycles. The normalized spacial score (nSPS) is 16.6. The summed E-state index contributed by atoms with van der Waals surface area (Å²) < 4.78 is 10.4. The van der Waals surface area contributed by atoms with E-state index in [2.05, 4.69) is 16.0 Å². The van der Waals surface area contributed by atoms with E-state index >= 15 is 0 Å². The van der Waals surface area contributed by atoms with Crippen LogP contribution in [0.2, 0.25) is 0 Å². The highest BCUT2D eigenvalue weighted by Crippen LogP contribution is 2.27. The minimum absolute atomic E-state index is 0.0260. The van der Waals surface area contributed by atoms with Crippen LogP contribution >= 0.6 is 0 Å². The van der Waals surface area contributed by atoms with Gasteiger partial charge in [-0.25, -0.2) is 14.6 Å². The molecular weight excluding hydrogens is 736 g/mol. The number of ether oxygens (including phenoxy) is 2. The summed E-state index contributed by atoms with van der Waals surface area (Å²) in [4.78, 5) is 104. The second-order valence-corrected chi connectivity index (χ2v) is 13.6. The van der Waals surface area contributed by atoms with Gasteiger partial charge in [-0.3, -0.25) is 28.8 Å². The molecule has 304 valence electrons. The molecule has 7 amide bonds. The van der Waals surface area contributed by atoms with E-state index in [-0.39, 0.29) is 30.5 Å². The van der Waals surface area contributed by atoms with Crippen molar-refractivity contribution >= 4 is 47.7 Å². The number of nitrogens with one attached hydrogen (secondary N) is 3. The number of hydrogen-bond donors (Lipinski definition) is 6. The Morgan fingerprint density at radius 3 is 1.86 bits per heavy atom. The van der Waals surface area contributed by atoms with E-state index in [0.717, 1.165) is 19.5 Å². The quantitative estimate of drug-likeness (QED) is 0.0906. The van der Waals surface area contributed by atoms with E-state index in [1.54, 1.807) is 74.5 Å². The smallest absolute Gasteiger partial charge is 0.433 e. The number of aliphatic hydroxyl groups excluding tert-OH is 1. The first kappa shape index (κ1) is 44.3. The highest BCUT2D eigenvalue weighted by atomic mass is 16.6. The van der Waals surface area contributed by atoms with Crippen molar-refractivity contribution in [3.05, 3.63) is 71.8 Å². The van der Waals surface area contributed by atoms with Gasteiger partial charge in [0.25, 0.3) is 17.7 Å². The van der Waals surface area contributed by atoms with Gasteiger partial charge in [0.15, 0.2) is 12.2 Å². The van der Waals surface area contributed by atoms with Crippen LogP contribution in [0.3, 0.4) is 0 Å². The van der Waals surface area contributed by atoms with E-state index in [0.29, 0.717) is 10.6 Å². The van der Waals surface area contributed by atoms with Crippen LogP contribution < -0.4 is 16.0 Å². The zero-order valence-corrected chi connectivity index (χ0v) is 31.6. The van der Waals surface area contributed by atoms with Crippen LogP contribution in [0.1, 0.15) is 51.2 Å². The van der Waals surface area contributed by atoms with Gasteiger partial charge in [-0.05, 0) is 36.8 Å². The number of aliphatic hydroxyl groups is 1. The van der Waals surface area contributed by atoms with E-state index in [1.165, 1.54) is 11.9 Å². The fourth-order valence-electron chi connectivity index (χ4n) is 5.49. The lowest BCUT2D eigenvalue weighted by molar-refractivity contribution is -0.160. The van der Waals surface area contributed by atoms with Crippen LogP contribution in [-0.2, 0) is 51.4 Å². The van der Waals surface area contributed by atoms with Crippen molar-refractivity contribution in [2.24, 2.45) is 5.92 Å². The maximum atomic E-state index is 13.6. The number of carboxylic acid groups (broad SMARTS) is 2. The Bertz CT molecular complexity index is 1730. The largest absolute Gasteiger partial charge is 0.481 e. The number of carbonyl (C=O) groups excluding carboxylic acids is 6. The predicted molar refractivity (Wildman–Crippen MR) is 195 cm³/mol. The Hall–Kier alpha value is -6.08. The van der Waals surface area contributed by atoms with Crippen molar-refractivity contribution in [1.82, 2.24) is 30.9 Å².